The lowest BCUT2D eigenvalue weighted by atomic mass is 10.2. The highest BCUT2D eigenvalue weighted by Crippen LogP contribution is 2.32. The van der Waals surface area contributed by atoms with E-state index in [2.05, 4.69) is 9.98 Å². The van der Waals surface area contributed by atoms with E-state index in [-0.39, 0.29) is 23.0 Å². The quantitative estimate of drug-likeness (QED) is 0.402. The molecule has 3 rings (SSSR count). The molecule has 1 heterocycles. The van der Waals surface area contributed by atoms with Crippen LogP contribution in [0.5, 0.6) is 5.95 Å². The smallest absolute Gasteiger partial charge is 0.416 e. The number of non-ortho nitro benzene ring substituents is 1. The summed E-state index contributed by atoms with van der Waals surface area (Å²) in [4.78, 5) is 17.9. The molecule has 0 unspecified atom stereocenters. The Bertz CT molecular complexity index is 1010. The van der Waals surface area contributed by atoms with E-state index in [0.29, 0.717) is 5.56 Å². The van der Waals surface area contributed by atoms with Crippen molar-refractivity contribution in [3.63, 3.8) is 0 Å². The van der Waals surface area contributed by atoms with E-state index >= 15 is 0 Å². The predicted molar refractivity (Wildman–Crippen MR) is 89.0 cm³/mol. The molecule has 10 heteroatoms. The van der Waals surface area contributed by atoms with Gasteiger partial charge in [-0.2, -0.15) is 13.2 Å². The van der Waals surface area contributed by atoms with Crippen molar-refractivity contribution in [2.24, 2.45) is 4.99 Å². The number of nitro groups is 1. The maximum absolute atomic E-state index is 12.7. The Labute approximate surface area is 149 Å². The van der Waals surface area contributed by atoms with Crippen molar-refractivity contribution in [1.82, 2.24) is 4.98 Å². The van der Waals surface area contributed by atoms with Crippen LogP contribution in [0, 0.1) is 10.1 Å². The molecule has 7 nitrogen and oxygen atoms in total. The normalized spacial score (nSPS) is 11.8. The number of benzene rings is 2. The SMILES string of the molecule is O=[N+]([O-])c1ccc(-c2nc(C=Nc3cccc(C(F)(F)F)c3)c(O)o2)cc1. The Morgan fingerprint density at radius 1 is 1.19 bits per heavy atom. The molecule has 0 radical (unpaired) electrons. The lowest BCUT2D eigenvalue weighted by molar-refractivity contribution is -0.384. The summed E-state index contributed by atoms with van der Waals surface area (Å²) in [6.45, 7) is 0. The van der Waals surface area contributed by atoms with Crippen LogP contribution in [0.3, 0.4) is 0 Å². The van der Waals surface area contributed by atoms with Crippen molar-refractivity contribution in [2.45, 2.75) is 6.18 Å². The number of hydrogen-bond donors (Lipinski definition) is 1. The van der Waals surface area contributed by atoms with Crippen LogP contribution in [0.4, 0.5) is 24.5 Å². The lowest BCUT2D eigenvalue weighted by Crippen LogP contribution is -2.03. The van der Waals surface area contributed by atoms with Crippen molar-refractivity contribution in [3.05, 3.63) is 69.9 Å². The average Bonchev–Trinajstić information content (AvgIpc) is 3.00. The van der Waals surface area contributed by atoms with Crippen molar-refractivity contribution in [1.29, 1.82) is 0 Å². The van der Waals surface area contributed by atoms with Gasteiger partial charge in [-0.25, -0.2) is 4.98 Å². The molecule has 0 spiro atoms. The maximum Gasteiger partial charge on any atom is 0.416 e. The van der Waals surface area contributed by atoms with Gasteiger partial charge in [0.1, 0.15) is 0 Å². The molecule has 0 aliphatic carbocycles. The van der Waals surface area contributed by atoms with E-state index in [9.17, 15) is 28.4 Å². The number of hydrogen-bond acceptors (Lipinski definition) is 6. The summed E-state index contributed by atoms with van der Waals surface area (Å²) in [6, 6.07) is 9.60. The fourth-order valence-corrected chi connectivity index (χ4v) is 2.16. The van der Waals surface area contributed by atoms with Crippen LogP contribution >= 0.6 is 0 Å². The molecule has 1 aromatic heterocycles. The Hall–Kier alpha value is -3.69. The lowest BCUT2D eigenvalue weighted by Gasteiger charge is -2.06. The third-order valence-electron chi connectivity index (χ3n) is 3.47. The highest BCUT2D eigenvalue weighted by molar-refractivity contribution is 5.83. The van der Waals surface area contributed by atoms with Gasteiger partial charge >= 0.3 is 12.1 Å². The van der Waals surface area contributed by atoms with Gasteiger partial charge in [-0.1, -0.05) is 6.07 Å². The second kappa shape index (κ2) is 6.90. The standard InChI is InChI=1S/C17H10F3N3O4/c18-17(19,20)11-2-1-3-12(8-11)21-9-14-16(24)27-15(22-14)10-4-6-13(7-5-10)23(25)26/h1-9,24H. The van der Waals surface area contributed by atoms with Crippen molar-refractivity contribution >= 4 is 17.6 Å². The maximum atomic E-state index is 12.7. The van der Waals surface area contributed by atoms with E-state index in [1.165, 1.54) is 36.4 Å². The second-order valence-electron chi connectivity index (χ2n) is 5.32. The Morgan fingerprint density at radius 3 is 2.52 bits per heavy atom. The van der Waals surface area contributed by atoms with Gasteiger partial charge in [-0.3, -0.25) is 15.1 Å². The van der Waals surface area contributed by atoms with Gasteiger partial charge in [0.15, 0.2) is 5.69 Å². The minimum absolute atomic E-state index is 0.0177. The Kier molecular flexibility index (Phi) is 4.63. The molecule has 0 aliphatic heterocycles. The molecule has 0 saturated carbocycles. The second-order valence-corrected chi connectivity index (χ2v) is 5.32. The van der Waals surface area contributed by atoms with Crippen LogP contribution in [0.15, 0.2) is 57.9 Å². The minimum atomic E-state index is -4.50. The summed E-state index contributed by atoms with van der Waals surface area (Å²) in [7, 11) is 0. The number of nitro benzene ring substituents is 1. The molecule has 1 N–H and O–H groups in total. The zero-order valence-corrected chi connectivity index (χ0v) is 13.3. The molecule has 3 aromatic rings. The van der Waals surface area contributed by atoms with Gasteiger partial charge < -0.3 is 9.52 Å². The third-order valence-corrected chi connectivity index (χ3v) is 3.47. The summed E-state index contributed by atoms with van der Waals surface area (Å²) in [5.74, 6) is -0.605. The zero-order valence-electron chi connectivity index (χ0n) is 13.3. The molecular formula is C17H10F3N3O4. The van der Waals surface area contributed by atoms with Crippen molar-refractivity contribution in [3.8, 4) is 17.4 Å². The van der Waals surface area contributed by atoms with E-state index in [0.717, 1.165) is 18.3 Å². The molecule has 0 atom stereocenters. The number of aliphatic imine (C=N–C) groups is 1. The highest BCUT2D eigenvalue weighted by atomic mass is 19.4. The van der Waals surface area contributed by atoms with Gasteiger partial charge in [0.05, 0.1) is 22.4 Å². The fraction of sp³-hybridized carbons (Fsp3) is 0.0588. The highest BCUT2D eigenvalue weighted by Gasteiger charge is 2.30. The van der Waals surface area contributed by atoms with Crippen molar-refractivity contribution < 1.29 is 27.6 Å². The monoisotopic (exact) mass is 377 g/mol. The number of rotatable bonds is 4. The Balaban J connectivity index is 1.85. The number of oxazole rings is 1. The van der Waals surface area contributed by atoms with Crippen LogP contribution in [-0.4, -0.2) is 21.2 Å². The van der Waals surface area contributed by atoms with Crippen LogP contribution in [0.2, 0.25) is 0 Å². The van der Waals surface area contributed by atoms with Gasteiger partial charge in [0.2, 0.25) is 5.89 Å². The van der Waals surface area contributed by atoms with E-state index in [1.807, 2.05) is 0 Å². The van der Waals surface area contributed by atoms with Crippen LogP contribution in [0.1, 0.15) is 11.3 Å². The number of aromatic hydroxyl groups is 1. The number of halogens is 3. The molecule has 27 heavy (non-hydrogen) atoms. The molecular weight excluding hydrogens is 367 g/mol. The first-order valence-corrected chi connectivity index (χ1v) is 7.40. The van der Waals surface area contributed by atoms with Gasteiger partial charge in [-0.15, -0.1) is 0 Å². The predicted octanol–water partition coefficient (Wildman–Crippen LogP) is 4.72. The molecule has 138 valence electrons. The molecule has 0 amide bonds. The summed E-state index contributed by atoms with van der Waals surface area (Å²) < 4.78 is 43.2. The molecule has 0 fully saturated rings. The average molecular weight is 377 g/mol. The summed E-state index contributed by atoms with van der Waals surface area (Å²) in [5, 5.41) is 20.4. The van der Waals surface area contributed by atoms with E-state index in [1.54, 1.807) is 0 Å². The molecule has 0 aliphatic rings. The van der Waals surface area contributed by atoms with Crippen molar-refractivity contribution in [2.75, 3.05) is 0 Å². The van der Waals surface area contributed by atoms with Gasteiger partial charge in [0, 0.05) is 17.7 Å². The van der Waals surface area contributed by atoms with Gasteiger partial charge in [0.25, 0.3) is 5.69 Å². The fourth-order valence-electron chi connectivity index (χ4n) is 2.16. The summed E-state index contributed by atoms with van der Waals surface area (Å²) in [6.07, 6.45) is -3.44. The van der Waals surface area contributed by atoms with E-state index < -0.39 is 22.6 Å². The van der Waals surface area contributed by atoms with Crippen LogP contribution < -0.4 is 0 Å². The zero-order chi connectivity index (χ0) is 19.6. The minimum Gasteiger partial charge on any atom is -0.479 e. The third kappa shape index (κ3) is 4.11. The Morgan fingerprint density at radius 2 is 1.89 bits per heavy atom. The molecule has 2 aromatic carbocycles. The first kappa shape index (κ1) is 18.1. The summed E-state index contributed by atoms with van der Waals surface area (Å²) >= 11 is 0. The number of aromatic nitrogens is 1. The number of alkyl halides is 3. The first-order chi connectivity index (χ1) is 12.7. The van der Waals surface area contributed by atoms with E-state index in [4.69, 9.17) is 4.42 Å². The topological polar surface area (TPSA) is 102 Å². The van der Waals surface area contributed by atoms with Crippen LogP contribution in [0.25, 0.3) is 11.5 Å². The molecule has 0 saturated heterocycles. The largest absolute Gasteiger partial charge is 0.479 e. The molecule has 0 bridgehead atoms. The first-order valence-electron chi connectivity index (χ1n) is 7.40. The van der Waals surface area contributed by atoms with Gasteiger partial charge in [-0.05, 0) is 30.3 Å². The van der Waals surface area contributed by atoms with Crippen LogP contribution in [-0.2, 0) is 6.18 Å². The number of nitrogens with zero attached hydrogens (tertiary/aromatic N) is 3. The summed E-state index contributed by atoms with van der Waals surface area (Å²) in [5.41, 5.74) is -0.687.